The quantitative estimate of drug-likeness (QED) is 0.701. The Kier molecular flexibility index (Phi) is 5.23. The van der Waals surface area contributed by atoms with E-state index in [0.717, 1.165) is 54.8 Å². The molecule has 9 atom stereocenters. The molecule has 0 aromatic rings. The van der Waals surface area contributed by atoms with E-state index in [0.29, 0.717) is 17.4 Å². The fourth-order valence-electron chi connectivity index (χ4n) is 8.83. The summed E-state index contributed by atoms with van der Waals surface area (Å²) in [6.45, 7) is 8.05. The smallest absolute Gasteiger partial charge is 0.0543 e. The summed E-state index contributed by atoms with van der Waals surface area (Å²) in [5, 5.41) is 19.4. The van der Waals surface area contributed by atoms with E-state index in [2.05, 4.69) is 20.8 Å². The Morgan fingerprint density at radius 1 is 0.923 bits per heavy atom. The van der Waals surface area contributed by atoms with Crippen molar-refractivity contribution in [2.24, 2.45) is 46.3 Å². The predicted octanol–water partition coefficient (Wildman–Crippen LogP) is 5.41. The van der Waals surface area contributed by atoms with E-state index in [1.807, 2.05) is 0 Å². The minimum absolute atomic E-state index is 0.0262. The van der Waals surface area contributed by atoms with Gasteiger partial charge < -0.3 is 10.2 Å². The fourth-order valence-corrected chi connectivity index (χ4v) is 8.83. The number of hydrogen-bond donors (Lipinski definition) is 2. The lowest BCUT2D eigenvalue weighted by molar-refractivity contribution is -0.129. The van der Waals surface area contributed by atoms with Gasteiger partial charge in [0.1, 0.15) is 0 Å². The van der Waals surface area contributed by atoms with Crippen LogP contribution in [0.25, 0.3) is 0 Å². The summed E-state index contributed by atoms with van der Waals surface area (Å²) < 4.78 is 0. The van der Waals surface area contributed by atoms with Gasteiger partial charge in [-0.25, -0.2) is 0 Å². The highest BCUT2D eigenvalue weighted by atomic mass is 16.3. The summed E-state index contributed by atoms with van der Waals surface area (Å²) in [6.07, 6.45) is 14.1. The molecule has 0 aromatic carbocycles. The van der Waals surface area contributed by atoms with Gasteiger partial charge in [0.15, 0.2) is 0 Å². The Bertz CT molecular complexity index is 504. The van der Waals surface area contributed by atoms with Gasteiger partial charge in [0.25, 0.3) is 0 Å². The predicted molar refractivity (Wildman–Crippen MR) is 107 cm³/mol. The van der Waals surface area contributed by atoms with Crippen LogP contribution in [0.15, 0.2) is 0 Å². The molecule has 0 radical (unpaired) electrons. The lowest BCUT2D eigenvalue weighted by atomic mass is 9.44. The van der Waals surface area contributed by atoms with Crippen LogP contribution in [0.2, 0.25) is 0 Å². The van der Waals surface area contributed by atoms with E-state index in [1.165, 1.54) is 51.4 Å². The van der Waals surface area contributed by atoms with Gasteiger partial charge in [0, 0.05) is 6.61 Å². The topological polar surface area (TPSA) is 40.5 Å². The first-order valence-electron chi connectivity index (χ1n) is 11.7. The molecule has 0 spiro atoms. The van der Waals surface area contributed by atoms with Crippen LogP contribution < -0.4 is 0 Å². The lowest BCUT2D eigenvalue weighted by Crippen LogP contribution is -2.54. The van der Waals surface area contributed by atoms with E-state index in [-0.39, 0.29) is 6.10 Å². The lowest BCUT2D eigenvalue weighted by Gasteiger charge is -2.61. The third-order valence-electron chi connectivity index (χ3n) is 10.2. The monoisotopic (exact) mass is 362 g/mol. The molecule has 2 nitrogen and oxygen atoms in total. The number of aliphatic hydroxyl groups excluding tert-OH is 2. The van der Waals surface area contributed by atoms with Crippen molar-refractivity contribution in [3.8, 4) is 0 Å². The standard InChI is InChI=1S/C24H42O2/c1-16(5-4-14-25)20-8-9-21-19-7-6-17-15-18(26)10-12-23(17,2)22(19)11-13-24(20,21)3/h16-22,25-26H,4-15H2,1-3H3/t16-,17-,18-,19?,20?,21+,22?,23+,24-/m1/s1. The molecule has 2 N–H and O–H groups in total. The average molecular weight is 363 g/mol. The van der Waals surface area contributed by atoms with Crippen LogP contribution in [-0.2, 0) is 0 Å². The molecule has 3 unspecified atom stereocenters. The average Bonchev–Trinajstić information content (AvgIpc) is 2.97. The normalized spacial score (nSPS) is 52.0. The Labute approximate surface area is 161 Å². The maximum absolute atomic E-state index is 10.2. The second-order valence-corrected chi connectivity index (χ2v) is 11.2. The molecule has 26 heavy (non-hydrogen) atoms. The zero-order chi connectivity index (χ0) is 18.5. The van der Waals surface area contributed by atoms with Crippen LogP contribution in [0, 0.1) is 46.3 Å². The third kappa shape index (κ3) is 2.89. The fraction of sp³-hybridized carbons (Fsp3) is 1.00. The van der Waals surface area contributed by atoms with Crippen molar-refractivity contribution >= 4 is 0 Å². The summed E-state index contributed by atoms with van der Waals surface area (Å²) >= 11 is 0. The van der Waals surface area contributed by atoms with Crippen molar-refractivity contribution in [1.29, 1.82) is 0 Å². The van der Waals surface area contributed by atoms with Gasteiger partial charge in [-0.2, -0.15) is 0 Å². The SMILES string of the molecule is C[C@H](CCCO)C1CC[C@H]2C3CC[C@@H]4C[C@H](O)CC[C@]4(C)C3CC[C@]12C. The van der Waals surface area contributed by atoms with Gasteiger partial charge in [-0.1, -0.05) is 20.8 Å². The summed E-state index contributed by atoms with van der Waals surface area (Å²) in [6, 6.07) is 0. The number of fused-ring (bicyclic) bond motifs is 5. The molecule has 4 aliphatic rings. The Balaban J connectivity index is 1.52. The van der Waals surface area contributed by atoms with Crippen molar-refractivity contribution in [1.82, 2.24) is 0 Å². The van der Waals surface area contributed by atoms with Crippen LogP contribution in [-0.4, -0.2) is 22.9 Å². The first-order valence-corrected chi connectivity index (χ1v) is 11.7. The molecule has 2 heteroatoms. The Hall–Kier alpha value is -0.0800. The van der Waals surface area contributed by atoms with Gasteiger partial charge in [0.2, 0.25) is 0 Å². The van der Waals surface area contributed by atoms with Crippen molar-refractivity contribution in [3.05, 3.63) is 0 Å². The molecule has 4 rings (SSSR count). The number of aliphatic hydroxyl groups is 2. The first-order chi connectivity index (χ1) is 12.4. The number of rotatable bonds is 4. The molecule has 0 heterocycles. The van der Waals surface area contributed by atoms with Gasteiger partial charge >= 0.3 is 0 Å². The van der Waals surface area contributed by atoms with E-state index < -0.39 is 0 Å². The van der Waals surface area contributed by atoms with Crippen LogP contribution in [0.3, 0.4) is 0 Å². The summed E-state index contributed by atoms with van der Waals surface area (Å²) in [5.74, 6) is 5.22. The molecular weight excluding hydrogens is 320 g/mol. The zero-order valence-electron chi connectivity index (χ0n) is 17.4. The van der Waals surface area contributed by atoms with E-state index >= 15 is 0 Å². The summed E-state index contributed by atoms with van der Waals surface area (Å²) in [7, 11) is 0. The minimum Gasteiger partial charge on any atom is -0.396 e. The third-order valence-corrected chi connectivity index (χ3v) is 10.2. The molecule has 0 aromatic heterocycles. The van der Waals surface area contributed by atoms with Crippen molar-refractivity contribution in [2.75, 3.05) is 6.61 Å². The molecule has 150 valence electrons. The molecule has 0 saturated heterocycles. The van der Waals surface area contributed by atoms with E-state index in [4.69, 9.17) is 0 Å². The Morgan fingerprint density at radius 3 is 2.42 bits per heavy atom. The maximum atomic E-state index is 10.2. The van der Waals surface area contributed by atoms with Gasteiger partial charge in [0.05, 0.1) is 6.10 Å². The highest BCUT2D eigenvalue weighted by molar-refractivity contribution is 5.09. The van der Waals surface area contributed by atoms with Crippen LogP contribution in [0.4, 0.5) is 0 Å². The van der Waals surface area contributed by atoms with Gasteiger partial charge in [-0.3, -0.25) is 0 Å². The maximum Gasteiger partial charge on any atom is 0.0543 e. The molecule has 0 amide bonds. The van der Waals surface area contributed by atoms with Gasteiger partial charge in [-0.05, 0) is 117 Å². The molecule has 4 saturated carbocycles. The van der Waals surface area contributed by atoms with Crippen molar-refractivity contribution in [2.45, 2.75) is 97.5 Å². The van der Waals surface area contributed by atoms with Crippen LogP contribution in [0.5, 0.6) is 0 Å². The highest BCUT2D eigenvalue weighted by Crippen LogP contribution is 2.68. The first kappa shape index (κ1) is 19.2. The second-order valence-electron chi connectivity index (χ2n) is 11.2. The minimum atomic E-state index is -0.0262. The Morgan fingerprint density at radius 2 is 1.65 bits per heavy atom. The highest BCUT2D eigenvalue weighted by Gasteiger charge is 2.60. The molecule has 4 fully saturated rings. The second kappa shape index (κ2) is 7.07. The molecule has 0 bridgehead atoms. The summed E-state index contributed by atoms with van der Waals surface area (Å²) in [4.78, 5) is 0. The van der Waals surface area contributed by atoms with E-state index in [1.54, 1.807) is 0 Å². The van der Waals surface area contributed by atoms with E-state index in [9.17, 15) is 10.2 Å². The molecular formula is C24H42O2. The summed E-state index contributed by atoms with van der Waals surface area (Å²) in [5.41, 5.74) is 1.05. The van der Waals surface area contributed by atoms with Gasteiger partial charge in [-0.15, -0.1) is 0 Å². The van der Waals surface area contributed by atoms with Crippen molar-refractivity contribution < 1.29 is 10.2 Å². The van der Waals surface area contributed by atoms with Crippen LogP contribution in [0.1, 0.15) is 91.4 Å². The molecule has 0 aliphatic heterocycles. The molecule has 4 aliphatic carbocycles. The zero-order valence-corrected chi connectivity index (χ0v) is 17.4. The van der Waals surface area contributed by atoms with Crippen LogP contribution >= 0.6 is 0 Å². The van der Waals surface area contributed by atoms with Crippen molar-refractivity contribution in [3.63, 3.8) is 0 Å². The number of hydrogen-bond acceptors (Lipinski definition) is 2. The largest absolute Gasteiger partial charge is 0.396 e.